The smallest absolute Gasteiger partial charge is 0.257 e. The van der Waals surface area contributed by atoms with Crippen molar-refractivity contribution in [1.29, 1.82) is 0 Å². The number of nitrogens with two attached hydrogens (primary N) is 1. The van der Waals surface area contributed by atoms with Crippen LogP contribution in [-0.2, 0) is 9.47 Å². The van der Waals surface area contributed by atoms with Crippen molar-refractivity contribution in [3.8, 4) is 5.75 Å². The molecule has 2 aliphatic rings. The van der Waals surface area contributed by atoms with Crippen LogP contribution in [0.1, 0.15) is 42.5 Å². The van der Waals surface area contributed by atoms with Crippen molar-refractivity contribution in [2.75, 3.05) is 39.1 Å². The molecular formula is C19H27ClN2O4. The number of anilines is 1. The topological polar surface area (TPSA) is 74.0 Å². The minimum atomic E-state index is -0.0854. The molecule has 144 valence electrons. The Morgan fingerprint density at radius 1 is 1.31 bits per heavy atom. The van der Waals surface area contributed by atoms with Gasteiger partial charge in [0.1, 0.15) is 5.75 Å². The Bertz CT molecular complexity index is 626. The molecule has 2 fully saturated rings. The summed E-state index contributed by atoms with van der Waals surface area (Å²) in [5.41, 5.74) is 6.64. The monoisotopic (exact) mass is 382 g/mol. The second-order valence-electron chi connectivity index (χ2n) is 6.89. The van der Waals surface area contributed by atoms with E-state index in [4.69, 9.17) is 31.5 Å². The molecule has 1 aromatic rings. The van der Waals surface area contributed by atoms with Gasteiger partial charge in [-0.1, -0.05) is 11.6 Å². The summed E-state index contributed by atoms with van der Waals surface area (Å²) >= 11 is 6.08. The third kappa shape index (κ3) is 4.61. The minimum absolute atomic E-state index is 0.0854. The lowest BCUT2D eigenvalue weighted by atomic mass is 10.0. The SMILES string of the molecule is COc1cc(N)c(Cl)cc1C(=O)N1CCC(OCC2CCCCO2)CC1. The maximum Gasteiger partial charge on any atom is 0.257 e. The predicted molar refractivity (Wildman–Crippen MR) is 101 cm³/mol. The van der Waals surface area contributed by atoms with E-state index in [2.05, 4.69) is 0 Å². The molecule has 0 aliphatic carbocycles. The van der Waals surface area contributed by atoms with Crippen molar-refractivity contribution in [2.45, 2.75) is 44.3 Å². The highest BCUT2D eigenvalue weighted by Crippen LogP contribution is 2.30. The van der Waals surface area contributed by atoms with E-state index >= 15 is 0 Å². The highest BCUT2D eigenvalue weighted by atomic mass is 35.5. The van der Waals surface area contributed by atoms with Crippen LogP contribution in [0.15, 0.2) is 12.1 Å². The fourth-order valence-corrected chi connectivity index (χ4v) is 3.65. The lowest BCUT2D eigenvalue weighted by Gasteiger charge is -2.33. The summed E-state index contributed by atoms with van der Waals surface area (Å²) in [5.74, 6) is 0.363. The van der Waals surface area contributed by atoms with Gasteiger partial charge < -0.3 is 24.8 Å². The number of benzene rings is 1. The second kappa shape index (κ2) is 8.93. The number of amides is 1. The number of ether oxygens (including phenoxy) is 3. The van der Waals surface area contributed by atoms with Crippen molar-refractivity contribution in [3.05, 3.63) is 22.7 Å². The van der Waals surface area contributed by atoms with Crippen LogP contribution in [0, 0.1) is 0 Å². The zero-order valence-corrected chi connectivity index (χ0v) is 16.0. The van der Waals surface area contributed by atoms with Crippen molar-refractivity contribution < 1.29 is 19.0 Å². The summed E-state index contributed by atoms with van der Waals surface area (Å²) in [5, 5.41) is 0.361. The normalized spacial score (nSPS) is 21.6. The molecule has 0 radical (unpaired) electrons. The summed E-state index contributed by atoms with van der Waals surface area (Å²) in [7, 11) is 1.52. The Labute approximate surface area is 159 Å². The third-order valence-electron chi connectivity index (χ3n) is 5.07. The number of carbonyl (C=O) groups excluding carboxylic acids is 1. The first-order chi connectivity index (χ1) is 12.6. The number of hydrogen-bond donors (Lipinski definition) is 1. The van der Waals surface area contributed by atoms with Crippen molar-refractivity contribution in [3.63, 3.8) is 0 Å². The molecule has 0 spiro atoms. The van der Waals surface area contributed by atoms with Crippen LogP contribution < -0.4 is 10.5 Å². The largest absolute Gasteiger partial charge is 0.496 e. The molecule has 7 heteroatoms. The molecule has 6 nitrogen and oxygen atoms in total. The summed E-state index contributed by atoms with van der Waals surface area (Å²) in [6.45, 7) is 2.80. The van der Waals surface area contributed by atoms with Gasteiger partial charge in [0.15, 0.2) is 0 Å². The van der Waals surface area contributed by atoms with E-state index in [9.17, 15) is 4.79 Å². The van der Waals surface area contributed by atoms with Gasteiger partial charge in [-0.15, -0.1) is 0 Å². The van der Waals surface area contributed by atoms with Gasteiger partial charge in [0.05, 0.1) is 42.2 Å². The molecule has 1 amide bonds. The fraction of sp³-hybridized carbons (Fsp3) is 0.632. The Morgan fingerprint density at radius 2 is 2.08 bits per heavy atom. The molecule has 0 bridgehead atoms. The lowest BCUT2D eigenvalue weighted by Crippen LogP contribution is -2.41. The number of nitrogen functional groups attached to an aromatic ring is 1. The minimum Gasteiger partial charge on any atom is -0.496 e. The fourth-order valence-electron chi connectivity index (χ4n) is 3.48. The first-order valence-corrected chi connectivity index (χ1v) is 9.61. The molecule has 1 unspecified atom stereocenters. The van der Waals surface area contributed by atoms with Gasteiger partial charge in [0.25, 0.3) is 5.91 Å². The number of halogens is 1. The van der Waals surface area contributed by atoms with Crippen molar-refractivity contribution >= 4 is 23.2 Å². The molecule has 2 saturated heterocycles. The number of hydrogen-bond acceptors (Lipinski definition) is 5. The van der Waals surface area contributed by atoms with E-state index < -0.39 is 0 Å². The number of rotatable bonds is 5. The van der Waals surface area contributed by atoms with Gasteiger partial charge in [-0.3, -0.25) is 4.79 Å². The van der Waals surface area contributed by atoms with Gasteiger partial charge >= 0.3 is 0 Å². The Hall–Kier alpha value is -1.50. The lowest BCUT2D eigenvalue weighted by molar-refractivity contribution is -0.0733. The summed E-state index contributed by atoms with van der Waals surface area (Å²) in [6.07, 6.45) is 5.50. The van der Waals surface area contributed by atoms with Gasteiger partial charge in [-0.2, -0.15) is 0 Å². The van der Waals surface area contributed by atoms with Gasteiger partial charge in [-0.05, 0) is 38.2 Å². The molecule has 0 aromatic heterocycles. The zero-order valence-electron chi connectivity index (χ0n) is 15.2. The van der Waals surface area contributed by atoms with Crippen molar-refractivity contribution in [1.82, 2.24) is 4.90 Å². The van der Waals surface area contributed by atoms with E-state index in [-0.39, 0.29) is 18.1 Å². The Balaban J connectivity index is 1.53. The van der Waals surface area contributed by atoms with E-state index in [0.717, 1.165) is 32.3 Å². The Kier molecular flexibility index (Phi) is 6.62. The number of nitrogens with zero attached hydrogens (tertiary/aromatic N) is 1. The van der Waals surface area contributed by atoms with E-state index in [1.54, 1.807) is 12.1 Å². The molecule has 2 aliphatic heterocycles. The second-order valence-corrected chi connectivity index (χ2v) is 7.29. The quantitative estimate of drug-likeness (QED) is 0.792. The third-order valence-corrected chi connectivity index (χ3v) is 5.40. The average molecular weight is 383 g/mol. The average Bonchev–Trinajstić information content (AvgIpc) is 2.68. The zero-order chi connectivity index (χ0) is 18.5. The van der Waals surface area contributed by atoms with Gasteiger partial charge in [0, 0.05) is 25.8 Å². The van der Waals surface area contributed by atoms with E-state index in [1.807, 2.05) is 4.90 Å². The first kappa shape index (κ1) is 19.3. The number of likely N-dealkylation sites (tertiary alicyclic amines) is 1. The van der Waals surface area contributed by atoms with Crippen LogP contribution >= 0.6 is 11.6 Å². The molecule has 2 N–H and O–H groups in total. The molecular weight excluding hydrogens is 356 g/mol. The van der Waals surface area contributed by atoms with Crippen LogP contribution in [0.5, 0.6) is 5.75 Å². The number of carbonyl (C=O) groups is 1. The van der Waals surface area contributed by atoms with Crippen LogP contribution in [0.2, 0.25) is 5.02 Å². The molecule has 1 aromatic carbocycles. The van der Waals surface area contributed by atoms with Crippen molar-refractivity contribution in [2.24, 2.45) is 0 Å². The number of methoxy groups -OCH3 is 1. The molecule has 26 heavy (non-hydrogen) atoms. The van der Waals surface area contributed by atoms with Crippen LogP contribution in [-0.4, -0.2) is 56.4 Å². The van der Waals surface area contributed by atoms with Crippen LogP contribution in [0.4, 0.5) is 5.69 Å². The van der Waals surface area contributed by atoms with Crippen LogP contribution in [0.3, 0.4) is 0 Å². The number of piperidine rings is 1. The molecule has 2 heterocycles. The summed E-state index contributed by atoms with van der Waals surface area (Å²) in [4.78, 5) is 14.7. The summed E-state index contributed by atoms with van der Waals surface area (Å²) in [6, 6.07) is 3.18. The summed E-state index contributed by atoms with van der Waals surface area (Å²) < 4.78 is 17.0. The van der Waals surface area contributed by atoms with E-state index in [0.29, 0.717) is 41.7 Å². The Morgan fingerprint density at radius 3 is 2.73 bits per heavy atom. The molecule has 3 rings (SSSR count). The maximum absolute atomic E-state index is 12.8. The molecule has 1 atom stereocenters. The standard InChI is InChI=1S/C19H27ClN2O4/c1-24-18-11-17(21)16(20)10-15(18)19(23)22-7-5-13(6-8-22)26-12-14-4-2-3-9-25-14/h10-11,13-14H,2-9,12,21H2,1H3. The van der Waals surface area contributed by atoms with E-state index in [1.165, 1.54) is 13.5 Å². The first-order valence-electron chi connectivity index (χ1n) is 9.24. The van der Waals surface area contributed by atoms with Crippen LogP contribution in [0.25, 0.3) is 0 Å². The highest BCUT2D eigenvalue weighted by molar-refractivity contribution is 6.33. The van der Waals surface area contributed by atoms with Gasteiger partial charge in [-0.25, -0.2) is 0 Å². The predicted octanol–water partition coefficient (Wildman–Crippen LogP) is 3.12. The molecule has 0 saturated carbocycles. The highest BCUT2D eigenvalue weighted by Gasteiger charge is 2.27. The maximum atomic E-state index is 12.8. The van der Waals surface area contributed by atoms with Gasteiger partial charge in [0.2, 0.25) is 0 Å².